The second kappa shape index (κ2) is 4.66. The van der Waals surface area contributed by atoms with Crippen molar-refractivity contribution in [3.8, 4) is 0 Å². The molecule has 1 aromatic carbocycles. The number of aryl methyl sites for hydroxylation is 2. The highest BCUT2D eigenvalue weighted by molar-refractivity contribution is 6.20. The Morgan fingerprint density at radius 2 is 2.09 bits per heavy atom. The van der Waals surface area contributed by atoms with E-state index in [0.29, 0.717) is 5.57 Å². The van der Waals surface area contributed by atoms with Crippen molar-refractivity contribution in [3.63, 3.8) is 0 Å². The molecule has 0 aliphatic carbocycles. The Morgan fingerprint density at radius 1 is 1.23 bits per heavy atom. The summed E-state index contributed by atoms with van der Waals surface area (Å²) in [7, 11) is 0. The molecule has 5 nitrogen and oxygen atoms in total. The molecule has 110 valence electrons. The summed E-state index contributed by atoms with van der Waals surface area (Å²) in [5.41, 5.74) is 3.67. The fourth-order valence-corrected chi connectivity index (χ4v) is 3.02. The van der Waals surface area contributed by atoms with Crippen LogP contribution in [0.5, 0.6) is 0 Å². The van der Waals surface area contributed by atoms with Crippen LogP contribution < -0.4 is 5.32 Å². The summed E-state index contributed by atoms with van der Waals surface area (Å²) in [6.45, 7) is 3.95. The van der Waals surface area contributed by atoms with Crippen molar-refractivity contribution in [1.29, 1.82) is 0 Å². The average Bonchev–Trinajstić information content (AvgIpc) is 2.87. The molecule has 0 radical (unpaired) electrons. The quantitative estimate of drug-likeness (QED) is 0.878. The molecule has 1 amide bonds. The minimum atomic E-state index is -0.192. The molecule has 3 heterocycles. The molecule has 2 unspecified atom stereocenters. The van der Waals surface area contributed by atoms with Crippen LogP contribution in [0.2, 0.25) is 0 Å². The van der Waals surface area contributed by atoms with Gasteiger partial charge in [-0.25, -0.2) is 9.67 Å². The van der Waals surface area contributed by atoms with Crippen molar-refractivity contribution in [2.75, 3.05) is 0 Å². The van der Waals surface area contributed by atoms with Gasteiger partial charge in [0.05, 0.1) is 11.6 Å². The lowest BCUT2D eigenvalue weighted by molar-refractivity contribution is -0.117. The van der Waals surface area contributed by atoms with Gasteiger partial charge in [0, 0.05) is 17.9 Å². The van der Waals surface area contributed by atoms with E-state index < -0.39 is 0 Å². The molecular formula is C17H16N4O. The van der Waals surface area contributed by atoms with E-state index in [1.54, 1.807) is 4.68 Å². The Kier molecular flexibility index (Phi) is 2.76. The minimum absolute atomic E-state index is 0.0139. The summed E-state index contributed by atoms with van der Waals surface area (Å²) in [6.07, 6.45) is 3.68. The van der Waals surface area contributed by atoms with E-state index in [1.807, 2.05) is 56.5 Å². The van der Waals surface area contributed by atoms with Gasteiger partial charge in [-0.3, -0.25) is 4.79 Å². The third kappa shape index (κ3) is 1.97. The standard InChI is InChI=1S/C17H16N4O/c1-10-4-3-5-12(6-10)14-8-13-9-18-15-7-11(2)20-21(15)16(13)19-17(14)22/h3-9,13,16H,1-2H3,(H,19,22). The third-order valence-electron chi connectivity index (χ3n) is 4.06. The summed E-state index contributed by atoms with van der Waals surface area (Å²) < 4.78 is 1.79. The summed E-state index contributed by atoms with van der Waals surface area (Å²) >= 11 is 0. The number of nitrogens with one attached hydrogen (secondary N) is 1. The highest BCUT2D eigenvalue weighted by Gasteiger charge is 2.34. The van der Waals surface area contributed by atoms with Crippen LogP contribution in [0.25, 0.3) is 5.57 Å². The number of nitrogens with zero attached hydrogens (tertiary/aromatic N) is 3. The van der Waals surface area contributed by atoms with Crippen molar-refractivity contribution in [3.05, 3.63) is 53.2 Å². The molecule has 1 N–H and O–H groups in total. The second-order valence-electron chi connectivity index (χ2n) is 5.81. The van der Waals surface area contributed by atoms with E-state index in [0.717, 1.165) is 22.6 Å². The number of amides is 1. The monoisotopic (exact) mass is 292 g/mol. The van der Waals surface area contributed by atoms with Crippen molar-refractivity contribution >= 4 is 23.5 Å². The summed E-state index contributed by atoms with van der Waals surface area (Å²) in [6, 6.07) is 9.89. The number of hydrogen-bond donors (Lipinski definition) is 1. The fraction of sp³-hybridized carbons (Fsp3) is 0.235. The Bertz CT molecular complexity index is 831. The summed E-state index contributed by atoms with van der Waals surface area (Å²) in [5, 5.41) is 7.50. The first-order valence-electron chi connectivity index (χ1n) is 7.32. The van der Waals surface area contributed by atoms with Crippen molar-refractivity contribution in [1.82, 2.24) is 15.1 Å². The van der Waals surface area contributed by atoms with Crippen LogP contribution >= 0.6 is 0 Å². The topological polar surface area (TPSA) is 59.3 Å². The second-order valence-corrected chi connectivity index (χ2v) is 5.81. The predicted octanol–water partition coefficient (Wildman–Crippen LogP) is 2.54. The van der Waals surface area contributed by atoms with Crippen molar-refractivity contribution in [2.45, 2.75) is 20.0 Å². The lowest BCUT2D eigenvalue weighted by atomic mass is 9.92. The van der Waals surface area contributed by atoms with Gasteiger partial charge in [-0.1, -0.05) is 35.9 Å². The van der Waals surface area contributed by atoms with Gasteiger partial charge in [0.1, 0.15) is 6.17 Å². The van der Waals surface area contributed by atoms with Gasteiger partial charge in [0.2, 0.25) is 0 Å². The Balaban J connectivity index is 1.77. The number of aromatic nitrogens is 2. The van der Waals surface area contributed by atoms with Crippen LogP contribution in [-0.4, -0.2) is 21.9 Å². The number of fused-ring (bicyclic) bond motifs is 3. The fourth-order valence-electron chi connectivity index (χ4n) is 3.02. The highest BCUT2D eigenvalue weighted by Crippen LogP contribution is 2.33. The van der Waals surface area contributed by atoms with Gasteiger partial charge in [0.25, 0.3) is 5.91 Å². The Morgan fingerprint density at radius 3 is 2.91 bits per heavy atom. The lowest BCUT2D eigenvalue weighted by Gasteiger charge is -2.32. The minimum Gasteiger partial charge on any atom is -0.329 e. The van der Waals surface area contributed by atoms with Crippen LogP contribution in [0.15, 0.2) is 41.4 Å². The Hall–Kier alpha value is -2.69. The van der Waals surface area contributed by atoms with Crippen molar-refractivity contribution < 1.29 is 4.79 Å². The number of carbonyl (C=O) groups is 1. The van der Waals surface area contributed by atoms with Gasteiger partial charge in [-0.15, -0.1) is 0 Å². The van der Waals surface area contributed by atoms with E-state index in [-0.39, 0.29) is 18.0 Å². The van der Waals surface area contributed by atoms with E-state index >= 15 is 0 Å². The number of hydrogen-bond acceptors (Lipinski definition) is 3. The number of carbonyl (C=O) groups excluding carboxylic acids is 1. The average molecular weight is 292 g/mol. The molecule has 2 atom stereocenters. The maximum Gasteiger partial charge on any atom is 0.253 e. The molecule has 1 aromatic heterocycles. The van der Waals surface area contributed by atoms with Gasteiger partial charge < -0.3 is 5.32 Å². The van der Waals surface area contributed by atoms with Crippen LogP contribution in [0, 0.1) is 19.8 Å². The highest BCUT2D eigenvalue weighted by atomic mass is 16.2. The molecule has 4 rings (SSSR count). The molecule has 5 heteroatoms. The first-order valence-corrected chi connectivity index (χ1v) is 7.32. The number of aliphatic imine (C=N–C) groups is 1. The van der Waals surface area contributed by atoms with E-state index in [4.69, 9.17) is 0 Å². The SMILES string of the molecule is Cc1cccc(C2=CC3C=Nc4cc(C)nn4C3NC2=O)c1. The molecule has 2 aliphatic heterocycles. The Labute approximate surface area is 128 Å². The first-order chi connectivity index (χ1) is 10.6. The molecular weight excluding hydrogens is 276 g/mol. The summed E-state index contributed by atoms with van der Waals surface area (Å²) in [5.74, 6) is 0.729. The molecule has 2 aliphatic rings. The number of benzene rings is 1. The molecule has 2 aromatic rings. The van der Waals surface area contributed by atoms with Crippen LogP contribution in [0.3, 0.4) is 0 Å². The molecule has 0 spiro atoms. The molecule has 0 saturated heterocycles. The van der Waals surface area contributed by atoms with E-state index in [2.05, 4.69) is 15.4 Å². The van der Waals surface area contributed by atoms with Crippen LogP contribution in [-0.2, 0) is 4.79 Å². The van der Waals surface area contributed by atoms with Gasteiger partial charge in [-0.2, -0.15) is 5.10 Å². The van der Waals surface area contributed by atoms with Gasteiger partial charge in [0.15, 0.2) is 5.82 Å². The maximum absolute atomic E-state index is 12.5. The maximum atomic E-state index is 12.5. The third-order valence-corrected chi connectivity index (χ3v) is 4.06. The number of rotatable bonds is 1. The van der Waals surface area contributed by atoms with Gasteiger partial charge in [-0.05, 0) is 19.4 Å². The predicted molar refractivity (Wildman–Crippen MR) is 84.9 cm³/mol. The zero-order valence-corrected chi connectivity index (χ0v) is 12.4. The molecule has 22 heavy (non-hydrogen) atoms. The summed E-state index contributed by atoms with van der Waals surface area (Å²) in [4.78, 5) is 17.0. The first kappa shape index (κ1) is 13.0. The molecule has 0 fully saturated rings. The van der Waals surface area contributed by atoms with E-state index in [9.17, 15) is 4.79 Å². The zero-order valence-electron chi connectivity index (χ0n) is 12.4. The van der Waals surface area contributed by atoms with Crippen LogP contribution in [0.1, 0.15) is 23.0 Å². The largest absolute Gasteiger partial charge is 0.329 e. The normalized spacial score (nSPS) is 22.6. The van der Waals surface area contributed by atoms with Gasteiger partial charge >= 0.3 is 0 Å². The zero-order chi connectivity index (χ0) is 15.3. The molecule has 0 saturated carbocycles. The lowest BCUT2D eigenvalue weighted by Crippen LogP contribution is -2.43. The van der Waals surface area contributed by atoms with Crippen molar-refractivity contribution in [2.24, 2.45) is 10.9 Å². The molecule has 0 bridgehead atoms. The smallest absolute Gasteiger partial charge is 0.253 e. The van der Waals surface area contributed by atoms with Crippen LogP contribution in [0.4, 0.5) is 5.82 Å². The van der Waals surface area contributed by atoms with E-state index in [1.165, 1.54) is 0 Å².